The van der Waals surface area contributed by atoms with Gasteiger partial charge in [-0.2, -0.15) is 0 Å². The van der Waals surface area contributed by atoms with Crippen LogP contribution in [0.25, 0.3) is 10.8 Å². The molecule has 1 aliphatic heterocycles. The predicted octanol–water partition coefficient (Wildman–Crippen LogP) is 5.66. The molecule has 0 radical (unpaired) electrons. The Hall–Kier alpha value is -4.77. The van der Waals surface area contributed by atoms with Crippen molar-refractivity contribution in [2.45, 2.75) is 16.2 Å². The lowest BCUT2D eigenvalue weighted by molar-refractivity contribution is -0.384. The number of fused-ring (bicyclic) bond motifs is 4. The second-order valence-electron chi connectivity index (χ2n) is 7.99. The molecule has 178 valence electrons. The van der Waals surface area contributed by atoms with Crippen LogP contribution in [0.4, 0.5) is 17.1 Å². The minimum Gasteiger partial charge on any atom is -0.478 e. The van der Waals surface area contributed by atoms with Crippen LogP contribution in [-0.4, -0.2) is 26.8 Å². The first-order valence-electron chi connectivity index (χ1n) is 10.6. The Bertz CT molecular complexity index is 1630. The number of hydrogen-bond acceptors (Lipinski definition) is 7. The molecule has 0 bridgehead atoms. The summed E-state index contributed by atoms with van der Waals surface area (Å²) in [6, 6.07) is 16.9. The maximum absolute atomic E-state index is 13.1. The molecule has 5 rings (SSSR count). The molecule has 4 aromatic carbocycles. The Morgan fingerprint density at radius 1 is 0.917 bits per heavy atom. The number of carbonyl (C=O) groups is 2. The number of hydrogen-bond donors (Lipinski definition) is 2. The number of nitrogens with one attached hydrogen (secondary N) is 1. The van der Waals surface area contributed by atoms with Crippen LogP contribution >= 0.6 is 11.8 Å². The van der Waals surface area contributed by atoms with E-state index in [-0.39, 0.29) is 27.7 Å². The van der Waals surface area contributed by atoms with Gasteiger partial charge in [0.2, 0.25) is 0 Å². The van der Waals surface area contributed by atoms with E-state index in [4.69, 9.17) is 0 Å². The fourth-order valence-electron chi connectivity index (χ4n) is 4.33. The Balaban J connectivity index is 1.69. The summed E-state index contributed by atoms with van der Waals surface area (Å²) in [6.07, 6.45) is 0.370. The summed E-state index contributed by atoms with van der Waals surface area (Å²) < 4.78 is 0. The molecule has 0 atom stereocenters. The van der Waals surface area contributed by atoms with Crippen molar-refractivity contribution in [1.29, 1.82) is 0 Å². The molecule has 11 heteroatoms. The topological polar surface area (TPSA) is 153 Å². The molecule has 0 saturated heterocycles. The molecule has 2 N–H and O–H groups in total. The number of benzene rings is 4. The van der Waals surface area contributed by atoms with Crippen LogP contribution in [0, 0.1) is 20.2 Å². The number of nitro groups is 2. The van der Waals surface area contributed by atoms with Gasteiger partial charge in [0.1, 0.15) is 0 Å². The summed E-state index contributed by atoms with van der Waals surface area (Å²) >= 11 is 1.44. The number of rotatable bonds is 5. The number of carboxylic acids is 1. The van der Waals surface area contributed by atoms with Crippen LogP contribution < -0.4 is 5.32 Å². The van der Waals surface area contributed by atoms with Crippen LogP contribution in [0.5, 0.6) is 0 Å². The molecule has 0 aliphatic carbocycles. The first-order chi connectivity index (χ1) is 17.2. The molecule has 0 saturated carbocycles. The monoisotopic (exact) mass is 501 g/mol. The van der Waals surface area contributed by atoms with Crippen molar-refractivity contribution in [3.8, 4) is 0 Å². The van der Waals surface area contributed by atoms with E-state index in [1.54, 1.807) is 6.07 Å². The van der Waals surface area contributed by atoms with E-state index in [1.807, 2.05) is 24.3 Å². The van der Waals surface area contributed by atoms with Crippen molar-refractivity contribution in [1.82, 2.24) is 0 Å². The standard InChI is InChI=1S/C25H15N3O7S/c29-24(26-14-5-3-6-15(11-14)27(32)33)18-12-19(28(34)35)22-16(23(18)25(30)31)8-9-21-17(22)10-13-4-1-2-7-20(13)36-21/h1-9,11-12H,10H2,(H,26,29)(H,30,31). The molecule has 1 amide bonds. The molecule has 1 heterocycles. The number of non-ortho nitro benzene ring substituents is 2. The van der Waals surface area contributed by atoms with E-state index in [9.17, 15) is 34.9 Å². The van der Waals surface area contributed by atoms with Gasteiger partial charge in [-0.05, 0) is 29.3 Å². The van der Waals surface area contributed by atoms with E-state index in [1.165, 1.54) is 36.0 Å². The lowest BCUT2D eigenvalue weighted by Crippen LogP contribution is -2.18. The van der Waals surface area contributed by atoms with Gasteiger partial charge < -0.3 is 10.4 Å². The molecule has 0 aromatic heterocycles. The van der Waals surface area contributed by atoms with Gasteiger partial charge in [-0.1, -0.05) is 42.1 Å². The fraction of sp³-hybridized carbons (Fsp3) is 0.0400. The number of carbonyl (C=O) groups excluding carboxylic acids is 1. The Morgan fingerprint density at radius 2 is 1.69 bits per heavy atom. The highest BCUT2D eigenvalue weighted by atomic mass is 32.2. The average molecular weight is 501 g/mol. The average Bonchev–Trinajstić information content (AvgIpc) is 2.86. The first-order valence-corrected chi connectivity index (χ1v) is 11.4. The molecule has 1 aliphatic rings. The quantitative estimate of drug-likeness (QED) is 0.231. The van der Waals surface area contributed by atoms with Gasteiger partial charge in [-0.15, -0.1) is 0 Å². The zero-order valence-electron chi connectivity index (χ0n) is 18.3. The van der Waals surface area contributed by atoms with Gasteiger partial charge in [0.15, 0.2) is 0 Å². The van der Waals surface area contributed by atoms with Gasteiger partial charge in [0.25, 0.3) is 17.3 Å². The molecule has 0 unspecified atom stereocenters. The summed E-state index contributed by atoms with van der Waals surface area (Å²) in [5.74, 6) is -2.36. The van der Waals surface area contributed by atoms with Crippen LogP contribution in [0.15, 0.2) is 76.5 Å². The van der Waals surface area contributed by atoms with Crippen molar-refractivity contribution in [3.05, 3.63) is 109 Å². The van der Waals surface area contributed by atoms with Crippen LogP contribution in [0.3, 0.4) is 0 Å². The number of anilines is 1. The molecule has 10 nitrogen and oxygen atoms in total. The number of aromatic carboxylic acids is 1. The van der Waals surface area contributed by atoms with Gasteiger partial charge in [-0.25, -0.2) is 4.79 Å². The Labute approximate surface area is 206 Å². The third-order valence-electron chi connectivity index (χ3n) is 5.88. The smallest absolute Gasteiger partial charge is 0.337 e. The van der Waals surface area contributed by atoms with Crippen molar-refractivity contribution in [2.75, 3.05) is 5.32 Å². The van der Waals surface area contributed by atoms with Gasteiger partial charge in [-0.3, -0.25) is 25.0 Å². The molecular weight excluding hydrogens is 486 g/mol. The molecule has 36 heavy (non-hydrogen) atoms. The maximum Gasteiger partial charge on any atom is 0.337 e. The summed E-state index contributed by atoms with van der Waals surface area (Å²) in [6.45, 7) is 0. The lowest BCUT2D eigenvalue weighted by atomic mass is 9.91. The SMILES string of the molecule is O=C(Nc1cccc([N+](=O)[O-])c1)c1cc([N+](=O)[O-])c2c3c(ccc2c1C(=O)O)Sc1ccccc1C3. The first kappa shape index (κ1) is 23.0. The normalized spacial score (nSPS) is 11.9. The highest BCUT2D eigenvalue weighted by Gasteiger charge is 2.30. The molecule has 0 spiro atoms. The lowest BCUT2D eigenvalue weighted by Gasteiger charge is -2.21. The minimum absolute atomic E-state index is 0.0479. The van der Waals surface area contributed by atoms with E-state index < -0.39 is 33.0 Å². The van der Waals surface area contributed by atoms with E-state index in [0.717, 1.165) is 27.5 Å². The van der Waals surface area contributed by atoms with E-state index >= 15 is 0 Å². The predicted molar refractivity (Wildman–Crippen MR) is 132 cm³/mol. The van der Waals surface area contributed by atoms with Gasteiger partial charge in [0, 0.05) is 45.5 Å². The highest BCUT2D eigenvalue weighted by molar-refractivity contribution is 7.99. The number of nitrogens with zero attached hydrogens (tertiary/aromatic N) is 2. The maximum atomic E-state index is 13.1. The van der Waals surface area contributed by atoms with Crippen LogP contribution in [0.1, 0.15) is 31.8 Å². The van der Waals surface area contributed by atoms with Crippen LogP contribution in [-0.2, 0) is 6.42 Å². The Morgan fingerprint density at radius 3 is 2.42 bits per heavy atom. The Kier molecular flexibility index (Phi) is 5.61. The van der Waals surface area contributed by atoms with Crippen molar-refractivity contribution < 1.29 is 24.5 Å². The molecule has 0 fully saturated rings. The van der Waals surface area contributed by atoms with Crippen molar-refractivity contribution >= 4 is 51.5 Å². The summed E-state index contributed by atoms with van der Waals surface area (Å²) in [5, 5.41) is 35.9. The second-order valence-corrected chi connectivity index (χ2v) is 9.08. The highest BCUT2D eigenvalue weighted by Crippen LogP contribution is 2.45. The number of carboxylic acid groups (broad SMARTS) is 1. The van der Waals surface area contributed by atoms with Crippen molar-refractivity contribution in [3.63, 3.8) is 0 Å². The summed E-state index contributed by atoms with van der Waals surface area (Å²) in [7, 11) is 0. The third kappa shape index (κ3) is 3.91. The van der Waals surface area contributed by atoms with Gasteiger partial charge >= 0.3 is 5.97 Å². The van der Waals surface area contributed by atoms with E-state index in [2.05, 4.69) is 5.32 Å². The summed E-state index contributed by atoms with van der Waals surface area (Å²) in [5.41, 5.74) is 0.155. The minimum atomic E-state index is -1.43. The third-order valence-corrected chi connectivity index (χ3v) is 7.10. The van der Waals surface area contributed by atoms with Crippen LogP contribution in [0.2, 0.25) is 0 Å². The van der Waals surface area contributed by atoms with Gasteiger partial charge in [0.05, 0.1) is 26.4 Å². The second kappa shape index (κ2) is 8.78. The zero-order valence-corrected chi connectivity index (χ0v) is 19.1. The molecule has 4 aromatic rings. The largest absolute Gasteiger partial charge is 0.478 e. The number of amides is 1. The van der Waals surface area contributed by atoms with E-state index in [0.29, 0.717) is 12.0 Å². The number of nitro benzene ring substituents is 2. The fourth-order valence-corrected chi connectivity index (χ4v) is 5.42. The molecular formula is C25H15N3O7S. The summed E-state index contributed by atoms with van der Waals surface area (Å²) in [4.78, 5) is 49.1. The van der Waals surface area contributed by atoms with Crippen molar-refractivity contribution in [2.24, 2.45) is 0 Å². The zero-order chi connectivity index (χ0) is 25.6.